The van der Waals surface area contributed by atoms with Crippen LogP contribution >= 0.6 is 0 Å². The van der Waals surface area contributed by atoms with Crippen LogP contribution in [0.4, 0.5) is 0 Å². The molecule has 1 saturated heterocycles. The van der Waals surface area contributed by atoms with Crippen molar-refractivity contribution in [2.24, 2.45) is 5.92 Å². The third-order valence-electron chi connectivity index (χ3n) is 2.72. The zero-order valence-corrected chi connectivity index (χ0v) is 8.76. The SMILES string of the molecule is CCC(=O)NC1CC(C)CNC1C. The van der Waals surface area contributed by atoms with Crippen LogP contribution in [-0.2, 0) is 4.79 Å². The summed E-state index contributed by atoms with van der Waals surface area (Å²) < 4.78 is 0. The van der Waals surface area contributed by atoms with Crippen molar-refractivity contribution in [1.82, 2.24) is 10.6 Å². The molecule has 1 aliphatic rings. The van der Waals surface area contributed by atoms with Crippen molar-refractivity contribution in [1.29, 1.82) is 0 Å². The van der Waals surface area contributed by atoms with Crippen molar-refractivity contribution in [2.75, 3.05) is 6.54 Å². The van der Waals surface area contributed by atoms with Gasteiger partial charge in [-0.3, -0.25) is 4.79 Å². The number of amides is 1. The third-order valence-corrected chi connectivity index (χ3v) is 2.72. The second-order valence-electron chi connectivity index (χ2n) is 4.07. The Morgan fingerprint density at radius 1 is 1.54 bits per heavy atom. The van der Waals surface area contributed by atoms with Gasteiger partial charge in [-0.05, 0) is 25.8 Å². The number of carbonyl (C=O) groups excluding carboxylic acids is 1. The summed E-state index contributed by atoms with van der Waals surface area (Å²) in [6, 6.07) is 0.725. The molecular formula is C10H20N2O. The molecule has 1 heterocycles. The Kier molecular flexibility index (Phi) is 3.72. The van der Waals surface area contributed by atoms with Crippen molar-refractivity contribution >= 4 is 5.91 Å². The monoisotopic (exact) mass is 184 g/mol. The Hall–Kier alpha value is -0.570. The lowest BCUT2D eigenvalue weighted by molar-refractivity contribution is -0.121. The van der Waals surface area contributed by atoms with E-state index in [-0.39, 0.29) is 5.91 Å². The van der Waals surface area contributed by atoms with Gasteiger partial charge in [0.25, 0.3) is 0 Å². The highest BCUT2D eigenvalue weighted by atomic mass is 16.1. The van der Waals surface area contributed by atoms with Gasteiger partial charge in [0.1, 0.15) is 0 Å². The Bertz CT molecular complexity index is 182. The van der Waals surface area contributed by atoms with Gasteiger partial charge in [0, 0.05) is 18.5 Å². The molecular weight excluding hydrogens is 164 g/mol. The molecule has 0 radical (unpaired) electrons. The topological polar surface area (TPSA) is 41.1 Å². The van der Waals surface area contributed by atoms with Crippen LogP contribution in [0.3, 0.4) is 0 Å². The maximum absolute atomic E-state index is 11.2. The molecule has 1 amide bonds. The van der Waals surface area contributed by atoms with E-state index in [0.29, 0.717) is 24.4 Å². The van der Waals surface area contributed by atoms with Gasteiger partial charge in [0.2, 0.25) is 5.91 Å². The van der Waals surface area contributed by atoms with E-state index >= 15 is 0 Å². The molecule has 0 saturated carbocycles. The van der Waals surface area contributed by atoms with Gasteiger partial charge in [0.05, 0.1) is 0 Å². The number of hydrogen-bond donors (Lipinski definition) is 2. The van der Waals surface area contributed by atoms with Gasteiger partial charge >= 0.3 is 0 Å². The molecule has 2 N–H and O–H groups in total. The van der Waals surface area contributed by atoms with E-state index in [4.69, 9.17) is 0 Å². The van der Waals surface area contributed by atoms with Crippen LogP contribution in [0.1, 0.15) is 33.6 Å². The molecule has 0 spiro atoms. The molecule has 0 aromatic rings. The number of nitrogens with one attached hydrogen (secondary N) is 2. The molecule has 0 aromatic carbocycles. The maximum atomic E-state index is 11.2. The Labute approximate surface area is 80.3 Å². The molecule has 3 atom stereocenters. The normalized spacial score (nSPS) is 34.2. The summed E-state index contributed by atoms with van der Waals surface area (Å²) in [5, 5.41) is 6.44. The first kappa shape index (κ1) is 10.5. The second kappa shape index (κ2) is 4.61. The number of hydrogen-bond acceptors (Lipinski definition) is 2. The predicted molar refractivity (Wildman–Crippen MR) is 53.5 cm³/mol. The van der Waals surface area contributed by atoms with Crippen LogP contribution in [0, 0.1) is 5.92 Å². The van der Waals surface area contributed by atoms with E-state index in [1.165, 1.54) is 0 Å². The summed E-state index contributed by atoms with van der Waals surface area (Å²) in [7, 11) is 0. The summed E-state index contributed by atoms with van der Waals surface area (Å²) in [4.78, 5) is 11.2. The quantitative estimate of drug-likeness (QED) is 0.669. The average molecular weight is 184 g/mol. The zero-order valence-electron chi connectivity index (χ0n) is 8.76. The van der Waals surface area contributed by atoms with E-state index in [9.17, 15) is 4.79 Å². The minimum atomic E-state index is 0.160. The number of piperidine rings is 1. The summed E-state index contributed by atoms with van der Waals surface area (Å²) in [6.07, 6.45) is 1.68. The van der Waals surface area contributed by atoms with E-state index in [2.05, 4.69) is 24.5 Å². The van der Waals surface area contributed by atoms with Crippen LogP contribution in [0.15, 0.2) is 0 Å². The molecule has 76 valence electrons. The number of rotatable bonds is 2. The van der Waals surface area contributed by atoms with Gasteiger partial charge in [-0.25, -0.2) is 0 Å². The van der Waals surface area contributed by atoms with Crippen molar-refractivity contribution in [3.05, 3.63) is 0 Å². The fourth-order valence-corrected chi connectivity index (χ4v) is 1.74. The van der Waals surface area contributed by atoms with Gasteiger partial charge in [-0.1, -0.05) is 13.8 Å². The van der Waals surface area contributed by atoms with Crippen molar-refractivity contribution in [3.8, 4) is 0 Å². The molecule has 0 aliphatic carbocycles. The number of carbonyl (C=O) groups is 1. The first-order valence-electron chi connectivity index (χ1n) is 5.16. The lowest BCUT2D eigenvalue weighted by atomic mass is 9.92. The molecule has 0 bridgehead atoms. The van der Waals surface area contributed by atoms with Crippen molar-refractivity contribution in [3.63, 3.8) is 0 Å². The third kappa shape index (κ3) is 2.99. The minimum Gasteiger partial charge on any atom is -0.352 e. The molecule has 3 heteroatoms. The Morgan fingerprint density at radius 2 is 2.23 bits per heavy atom. The van der Waals surface area contributed by atoms with E-state index < -0.39 is 0 Å². The van der Waals surface area contributed by atoms with Crippen LogP contribution < -0.4 is 10.6 Å². The van der Waals surface area contributed by atoms with Crippen molar-refractivity contribution < 1.29 is 4.79 Å². The fourth-order valence-electron chi connectivity index (χ4n) is 1.74. The fraction of sp³-hybridized carbons (Fsp3) is 0.900. The first-order chi connectivity index (χ1) is 6.13. The Balaban J connectivity index is 2.41. The minimum absolute atomic E-state index is 0.160. The second-order valence-corrected chi connectivity index (χ2v) is 4.07. The summed E-state index contributed by atoms with van der Waals surface area (Å²) in [6.45, 7) is 7.30. The average Bonchev–Trinajstić information content (AvgIpc) is 2.11. The Morgan fingerprint density at radius 3 is 2.85 bits per heavy atom. The van der Waals surface area contributed by atoms with E-state index in [1.807, 2.05) is 6.92 Å². The van der Waals surface area contributed by atoms with Gasteiger partial charge in [-0.15, -0.1) is 0 Å². The largest absolute Gasteiger partial charge is 0.352 e. The van der Waals surface area contributed by atoms with Crippen LogP contribution in [-0.4, -0.2) is 24.5 Å². The smallest absolute Gasteiger partial charge is 0.219 e. The van der Waals surface area contributed by atoms with E-state index in [0.717, 1.165) is 13.0 Å². The van der Waals surface area contributed by atoms with Gasteiger partial charge < -0.3 is 10.6 Å². The highest BCUT2D eigenvalue weighted by Crippen LogP contribution is 2.14. The first-order valence-corrected chi connectivity index (χ1v) is 5.16. The maximum Gasteiger partial charge on any atom is 0.219 e. The molecule has 1 aliphatic heterocycles. The highest BCUT2D eigenvalue weighted by molar-refractivity contribution is 5.75. The predicted octanol–water partition coefficient (Wildman–Crippen LogP) is 0.899. The summed E-state index contributed by atoms with van der Waals surface area (Å²) >= 11 is 0. The van der Waals surface area contributed by atoms with Crippen molar-refractivity contribution in [2.45, 2.75) is 45.7 Å². The molecule has 0 aromatic heterocycles. The highest BCUT2D eigenvalue weighted by Gasteiger charge is 2.25. The van der Waals surface area contributed by atoms with Crippen LogP contribution in [0.2, 0.25) is 0 Å². The van der Waals surface area contributed by atoms with Gasteiger partial charge in [0.15, 0.2) is 0 Å². The van der Waals surface area contributed by atoms with Gasteiger partial charge in [-0.2, -0.15) is 0 Å². The zero-order chi connectivity index (χ0) is 9.84. The molecule has 3 unspecified atom stereocenters. The van der Waals surface area contributed by atoms with Crippen LogP contribution in [0.5, 0.6) is 0 Å². The van der Waals surface area contributed by atoms with E-state index in [1.54, 1.807) is 0 Å². The lowest BCUT2D eigenvalue weighted by Gasteiger charge is -2.34. The molecule has 1 rings (SSSR count). The molecule has 13 heavy (non-hydrogen) atoms. The standard InChI is InChI=1S/C10H20N2O/c1-4-10(13)12-9-5-7(2)6-11-8(9)3/h7-9,11H,4-6H2,1-3H3,(H,12,13). The summed E-state index contributed by atoms with van der Waals surface area (Å²) in [5.41, 5.74) is 0. The van der Waals surface area contributed by atoms with Crippen LogP contribution in [0.25, 0.3) is 0 Å². The lowest BCUT2D eigenvalue weighted by Crippen LogP contribution is -2.54. The summed E-state index contributed by atoms with van der Waals surface area (Å²) in [5.74, 6) is 0.825. The molecule has 1 fully saturated rings. The molecule has 3 nitrogen and oxygen atoms in total.